The third-order valence-corrected chi connectivity index (χ3v) is 3.65. The molecule has 0 aliphatic rings. The van der Waals surface area contributed by atoms with Gasteiger partial charge >= 0.3 is 0 Å². The maximum absolute atomic E-state index is 13.4. The van der Waals surface area contributed by atoms with Gasteiger partial charge < -0.3 is 4.72 Å². The first-order valence-corrected chi connectivity index (χ1v) is 7.17. The Morgan fingerprint density at radius 1 is 1.15 bits per heavy atom. The van der Waals surface area contributed by atoms with Gasteiger partial charge in [0, 0.05) is 16.5 Å². The Bertz CT molecular complexity index is 617. The van der Waals surface area contributed by atoms with Crippen LogP contribution in [0.3, 0.4) is 0 Å². The van der Waals surface area contributed by atoms with E-state index in [0.717, 1.165) is 11.0 Å². The molecule has 0 radical (unpaired) electrons. The highest BCUT2D eigenvalue weighted by Gasteiger charge is 2.05. The number of anilines is 1. The Morgan fingerprint density at radius 2 is 1.85 bits per heavy atom. The predicted molar refractivity (Wildman–Crippen MR) is 80.5 cm³/mol. The molecule has 104 valence electrons. The van der Waals surface area contributed by atoms with E-state index in [4.69, 9.17) is 0 Å². The number of carbonyl (C=O) groups is 1. The summed E-state index contributed by atoms with van der Waals surface area (Å²) >= 11 is 5.10. The summed E-state index contributed by atoms with van der Waals surface area (Å²) in [4.78, 5) is 12.2. The summed E-state index contributed by atoms with van der Waals surface area (Å²) in [6.07, 6.45) is 0. The minimum atomic E-state index is -0.653. The van der Waals surface area contributed by atoms with Crippen molar-refractivity contribution in [1.29, 1.82) is 0 Å². The number of benzene rings is 2. The summed E-state index contributed by atoms with van der Waals surface area (Å²) in [6.45, 7) is 0. The SMILES string of the molecule is O=C(CS)c1ccc(SNc2ccc(F)cc2F)cc1. The summed E-state index contributed by atoms with van der Waals surface area (Å²) in [5.74, 6) is -1.17. The van der Waals surface area contributed by atoms with Crippen LogP contribution in [0.5, 0.6) is 0 Å². The number of rotatable bonds is 5. The van der Waals surface area contributed by atoms with Crippen LogP contribution in [0.25, 0.3) is 0 Å². The molecule has 2 aromatic carbocycles. The van der Waals surface area contributed by atoms with Crippen LogP contribution in [0, 0.1) is 11.6 Å². The fourth-order valence-corrected chi connectivity index (χ4v) is 2.33. The second-order valence-electron chi connectivity index (χ2n) is 3.93. The van der Waals surface area contributed by atoms with E-state index in [1.165, 1.54) is 24.1 Å². The normalized spacial score (nSPS) is 10.3. The Balaban J connectivity index is 2.02. The molecule has 1 N–H and O–H groups in total. The topological polar surface area (TPSA) is 29.1 Å². The van der Waals surface area contributed by atoms with E-state index < -0.39 is 11.6 Å². The van der Waals surface area contributed by atoms with Crippen LogP contribution in [-0.4, -0.2) is 11.5 Å². The minimum absolute atomic E-state index is 0.0533. The van der Waals surface area contributed by atoms with E-state index in [-0.39, 0.29) is 17.2 Å². The van der Waals surface area contributed by atoms with Crippen molar-refractivity contribution >= 4 is 36.0 Å². The van der Waals surface area contributed by atoms with Gasteiger partial charge in [-0.1, -0.05) is 12.1 Å². The van der Waals surface area contributed by atoms with Crippen LogP contribution >= 0.6 is 24.6 Å². The van der Waals surface area contributed by atoms with Gasteiger partial charge in [-0.25, -0.2) is 8.78 Å². The van der Waals surface area contributed by atoms with Gasteiger partial charge in [0.15, 0.2) is 5.78 Å². The van der Waals surface area contributed by atoms with Gasteiger partial charge in [0.05, 0.1) is 11.4 Å². The first kappa shape index (κ1) is 14.9. The van der Waals surface area contributed by atoms with Gasteiger partial charge in [0.2, 0.25) is 0 Å². The van der Waals surface area contributed by atoms with Crippen molar-refractivity contribution in [3.8, 4) is 0 Å². The summed E-state index contributed by atoms with van der Waals surface area (Å²) in [7, 11) is 0. The molecule has 0 saturated carbocycles. The van der Waals surface area contributed by atoms with E-state index in [0.29, 0.717) is 5.56 Å². The van der Waals surface area contributed by atoms with E-state index in [1.54, 1.807) is 24.3 Å². The average molecular weight is 311 g/mol. The number of halogens is 2. The summed E-state index contributed by atoms with van der Waals surface area (Å²) < 4.78 is 28.9. The third-order valence-electron chi connectivity index (χ3n) is 2.53. The van der Waals surface area contributed by atoms with Crippen molar-refractivity contribution < 1.29 is 13.6 Å². The highest BCUT2D eigenvalue weighted by atomic mass is 32.2. The molecule has 2 nitrogen and oxygen atoms in total. The molecule has 0 atom stereocenters. The number of thiol groups is 1. The molecular formula is C14H11F2NOS2. The van der Waals surface area contributed by atoms with Crippen molar-refractivity contribution in [3.05, 3.63) is 59.7 Å². The summed E-state index contributed by atoms with van der Waals surface area (Å²) in [5, 5.41) is 0. The Morgan fingerprint density at radius 3 is 2.45 bits per heavy atom. The predicted octanol–water partition coefficient (Wildman–Crippen LogP) is 4.20. The highest BCUT2D eigenvalue weighted by Crippen LogP contribution is 2.24. The molecule has 0 amide bonds. The van der Waals surface area contributed by atoms with Gasteiger partial charge in [0.25, 0.3) is 0 Å². The van der Waals surface area contributed by atoms with E-state index >= 15 is 0 Å². The van der Waals surface area contributed by atoms with Gasteiger partial charge in [-0.3, -0.25) is 4.79 Å². The largest absolute Gasteiger partial charge is 0.323 e. The number of ketones is 1. The van der Waals surface area contributed by atoms with E-state index in [1.807, 2.05) is 0 Å². The first-order chi connectivity index (χ1) is 9.60. The number of carbonyl (C=O) groups excluding carboxylic acids is 1. The quantitative estimate of drug-likeness (QED) is 0.493. The lowest BCUT2D eigenvalue weighted by Gasteiger charge is -2.07. The molecule has 20 heavy (non-hydrogen) atoms. The van der Waals surface area contributed by atoms with Crippen LogP contribution in [0.1, 0.15) is 10.4 Å². The summed E-state index contributed by atoms with van der Waals surface area (Å²) in [5.41, 5.74) is 0.782. The maximum Gasteiger partial charge on any atom is 0.172 e. The fourth-order valence-electron chi connectivity index (χ4n) is 1.49. The lowest BCUT2D eigenvalue weighted by molar-refractivity contribution is 0.102. The molecule has 0 bridgehead atoms. The average Bonchev–Trinajstić information content (AvgIpc) is 2.46. The molecule has 0 saturated heterocycles. The van der Waals surface area contributed by atoms with Crippen molar-refractivity contribution in [2.24, 2.45) is 0 Å². The smallest absolute Gasteiger partial charge is 0.172 e. The molecule has 0 fully saturated rings. The molecule has 0 aromatic heterocycles. The van der Waals surface area contributed by atoms with Crippen molar-refractivity contribution in [3.63, 3.8) is 0 Å². The standard InChI is InChI=1S/C14H11F2NOS2/c15-10-3-6-13(12(16)7-10)17-20-11-4-1-9(2-5-11)14(18)8-19/h1-7,17,19H,8H2. The van der Waals surface area contributed by atoms with Crippen LogP contribution in [0.15, 0.2) is 47.4 Å². The second kappa shape index (κ2) is 6.76. The van der Waals surface area contributed by atoms with Gasteiger partial charge in [-0.15, -0.1) is 0 Å². The van der Waals surface area contributed by atoms with Crippen LogP contribution in [0.4, 0.5) is 14.5 Å². The maximum atomic E-state index is 13.4. The second-order valence-corrected chi connectivity index (χ2v) is 5.13. The zero-order valence-electron chi connectivity index (χ0n) is 10.3. The van der Waals surface area contributed by atoms with Gasteiger partial charge in [-0.05, 0) is 36.2 Å². The van der Waals surface area contributed by atoms with Crippen molar-refractivity contribution in [2.75, 3.05) is 10.5 Å². The number of Topliss-reactive ketones (excluding diaryl/α,β-unsaturated/α-hetero) is 1. The lowest BCUT2D eigenvalue weighted by atomic mass is 10.1. The molecule has 0 aliphatic heterocycles. The molecule has 0 aliphatic carbocycles. The minimum Gasteiger partial charge on any atom is -0.323 e. The van der Waals surface area contributed by atoms with Crippen molar-refractivity contribution in [1.82, 2.24) is 0 Å². The molecule has 0 heterocycles. The van der Waals surface area contributed by atoms with E-state index in [2.05, 4.69) is 17.4 Å². The van der Waals surface area contributed by atoms with Gasteiger partial charge in [0.1, 0.15) is 11.6 Å². The zero-order chi connectivity index (χ0) is 14.5. The lowest BCUT2D eigenvalue weighted by Crippen LogP contribution is -1.99. The number of hydrogen-bond acceptors (Lipinski definition) is 4. The third kappa shape index (κ3) is 3.74. The first-order valence-electron chi connectivity index (χ1n) is 5.72. The fraction of sp³-hybridized carbons (Fsp3) is 0.0714. The number of hydrogen-bond donors (Lipinski definition) is 2. The molecule has 0 unspecified atom stereocenters. The molecule has 2 aromatic rings. The highest BCUT2D eigenvalue weighted by molar-refractivity contribution is 8.00. The van der Waals surface area contributed by atoms with Gasteiger partial charge in [-0.2, -0.15) is 12.6 Å². The summed E-state index contributed by atoms with van der Waals surface area (Å²) in [6, 6.07) is 10.2. The monoisotopic (exact) mass is 311 g/mol. The molecule has 2 rings (SSSR count). The van der Waals surface area contributed by atoms with Crippen LogP contribution in [0.2, 0.25) is 0 Å². The van der Waals surface area contributed by atoms with Crippen LogP contribution < -0.4 is 4.72 Å². The Hall–Kier alpha value is -1.53. The Kier molecular flexibility index (Phi) is 5.03. The number of nitrogens with one attached hydrogen (secondary N) is 1. The molecule has 0 spiro atoms. The van der Waals surface area contributed by atoms with Crippen molar-refractivity contribution in [2.45, 2.75) is 4.90 Å². The molecular weight excluding hydrogens is 300 g/mol. The zero-order valence-corrected chi connectivity index (χ0v) is 12.0. The Labute approximate surface area is 125 Å². The van der Waals surface area contributed by atoms with Crippen LogP contribution in [-0.2, 0) is 0 Å². The van der Waals surface area contributed by atoms with E-state index in [9.17, 15) is 13.6 Å². The molecule has 6 heteroatoms.